The Morgan fingerprint density at radius 2 is 2.20 bits per heavy atom. The summed E-state index contributed by atoms with van der Waals surface area (Å²) in [6.07, 6.45) is 0.756. The molecule has 5 heteroatoms. The third-order valence-electron chi connectivity index (χ3n) is 2.82. The highest BCUT2D eigenvalue weighted by atomic mass is 16.6. The summed E-state index contributed by atoms with van der Waals surface area (Å²) in [4.78, 5) is 10.6. The predicted octanol–water partition coefficient (Wildman–Crippen LogP) is 3.09. The number of hydrogen-bond donors (Lipinski definition) is 1. The minimum absolute atomic E-state index is 0.00830. The van der Waals surface area contributed by atoms with Gasteiger partial charge in [-0.25, -0.2) is 0 Å². The molecule has 110 valence electrons. The summed E-state index contributed by atoms with van der Waals surface area (Å²) in [7, 11) is 0. The minimum atomic E-state index is -0.413. The molecule has 0 heterocycles. The van der Waals surface area contributed by atoms with Crippen LogP contribution in [0.5, 0.6) is 5.75 Å². The molecule has 0 radical (unpaired) electrons. The van der Waals surface area contributed by atoms with Crippen molar-refractivity contribution in [2.45, 2.75) is 33.2 Å². The van der Waals surface area contributed by atoms with Crippen molar-refractivity contribution in [3.63, 3.8) is 0 Å². The van der Waals surface area contributed by atoms with Gasteiger partial charge in [0.05, 0.1) is 4.92 Å². The van der Waals surface area contributed by atoms with Crippen LogP contribution in [-0.2, 0) is 6.42 Å². The van der Waals surface area contributed by atoms with Gasteiger partial charge in [0.1, 0.15) is 6.61 Å². The van der Waals surface area contributed by atoms with Gasteiger partial charge in [0, 0.05) is 18.7 Å². The molecule has 0 aliphatic rings. The highest BCUT2D eigenvalue weighted by molar-refractivity contribution is 5.48. The molecule has 1 aromatic rings. The molecule has 0 atom stereocenters. The number of nitro benzene ring substituents is 1. The maximum atomic E-state index is 11.0. The van der Waals surface area contributed by atoms with Crippen molar-refractivity contribution in [2.24, 2.45) is 0 Å². The van der Waals surface area contributed by atoms with E-state index in [9.17, 15) is 10.1 Å². The van der Waals surface area contributed by atoms with Crippen LogP contribution in [0.4, 0.5) is 5.69 Å². The number of nitro groups is 1. The van der Waals surface area contributed by atoms with Crippen molar-refractivity contribution in [1.82, 2.24) is 5.32 Å². The molecule has 0 bridgehead atoms. The average molecular weight is 278 g/mol. The lowest BCUT2D eigenvalue weighted by atomic mass is 10.1. The van der Waals surface area contributed by atoms with E-state index >= 15 is 0 Å². The van der Waals surface area contributed by atoms with Crippen molar-refractivity contribution < 1.29 is 9.66 Å². The van der Waals surface area contributed by atoms with Gasteiger partial charge in [-0.3, -0.25) is 10.1 Å². The fourth-order valence-electron chi connectivity index (χ4n) is 1.63. The number of rotatable bonds is 8. The van der Waals surface area contributed by atoms with Crippen molar-refractivity contribution in [3.8, 4) is 5.75 Å². The molecule has 1 rings (SSSR count). The van der Waals surface area contributed by atoms with E-state index in [1.165, 1.54) is 0 Å². The third-order valence-corrected chi connectivity index (χ3v) is 2.82. The van der Waals surface area contributed by atoms with E-state index < -0.39 is 4.92 Å². The Kier molecular flexibility index (Phi) is 6.18. The Labute approximate surface area is 119 Å². The van der Waals surface area contributed by atoms with E-state index in [1.807, 2.05) is 26.8 Å². The fraction of sp³-hybridized carbons (Fsp3) is 0.467. The maximum absolute atomic E-state index is 11.0. The van der Waals surface area contributed by atoms with Gasteiger partial charge in [0.15, 0.2) is 5.75 Å². The second kappa shape index (κ2) is 7.65. The Balaban J connectivity index is 2.67. The van der Waals surface area contributed by atoms with Crippen LogP contribution in [-0.4, -0.2) is 24.1 Å². The summed E-state index contributed by atoms with van der Waals surface area (Å²) < 4.78 is 5.51. The number of benzene rings is 1. The molecule has 0 unspecified atom stereocenters. The van der Waals surface area contributed by atoms with Crippen LogP contribution >= 0.6 is 0 Å². The van der Waals surface area contributed by atoms with Gasteiger partial charge in [0.2, 0.25) is 0 Å². The maximum Gasteiger partial charge on any atom is 0.311 e. The molecular formula is C15H22N2O3. The van der Waals surface area contributed by atoms with Crippen LogP contribution in [0.3, 0.4) is 0 Å². The van der Waals surface area contributed by atoms with Crippen LogP contribution in [0, 0.1) is 10.1 Å². The number of hydrogen-bond acceptors (Lipinski definition) is 4. The van der Waals surface area contributed by atoms with Gasteiger partial charge in [-0.1, -0.05) is 33.4 Å². The van der Waals surface area contributed by atoms with Gasteiger partial charge in [-0.2, -0.15) is 0 Å². The Morgan fingerprint density at radius 3 is 2.75 bits per heavy atom. The molecule has 1 aromatic carbocycles. The molecule has 0 aliphatic heterocycles. The molecule has 0 spiro atoms. The minimum Gasteiger partial charge on any atom is -0.482 e. The lowest BCUT2D eigenvalue weighted by Gasteiger charge is -2.12. The summed E-state index contributed by atoms with van der Waals surface area (Å²) in [5.41, 5.74) is 1.78. The first-order chi connectivity index (χ1) is 9.43. The van der Waals surface area contributed by atoms with Crippen molar-refractivity contribution in [3.05, 3.63) is 46.0 Å². The van der Waals surface area contributed by atoms with Gasteiger partial charge in [-0.05, 0) is 23.6 Å². The van der Waals surface area contributed by atoms with Crippen LogP contribution in [0.25, 0.3) is 0 Å². The first kappa shape index (κ1) is 16.2. The van der Waals surface area contributed by atoms with E-state index in [-0.39, 0.29) is 18.0 Å². The lowest BCUT2D eigenvalue weighted by molar-refractivity contribution is -0.385. The van der Waals surface area contributed by atoms with Crippen molar-refractivity contribution in [2.75, 3.05) is 13.2 Å². The summed E-state index contributed by atoms with van der Waals surface area (Å²) in [6, 6.07) is 5.42. The summed E-state index contributed by atoms with van der Waals surface area (Å²) in [6.45, 7) is 10.8. The molecule has 0 aliphatic carbocycles. The number of nitrogens with zero attached hydrogens (tertiary/aromatic N) is 1. The standard InChI is InChI=1S/C15H22N2O3/c1-5-13-6-7-15(14(8-13)17(18)19)20-10-12(4)9-16-11(2)3/h6-8,11,16H,4-5,9-10H2,1-3H3. The highest BCUT2D eigenvalue weighted by Gasteiger charge is 2.15. The molecule has 1 N–H and O–H groups in total. The zero-order chi connectivity index (χ0) is 15.1. The van der Waals surface area contributed by atoms with Crippen molar-refractivity contribution in [1.29, 1.82) is 0 Å². The molecule has 0 amide bonds. The molecule has 0 saturated heterocycles. The molecule has 0 aromatic heterocycles. The van der Waals surface area contributed by atoms with E-state index in [0.717, 1.165) is 17.6 Å². The SMILES string of the molecule is C=C(CNC(C)C)COc1ccc(CC)cc1[N+](=O)[O-]. The normalized spacial score (nSPS) is 10.6. The lowest BCUT2D eigenvalue weighted by Crippen LogP contribution is -2.26. The average Bonchev–Trinajstić information content (AvgIpc) is 2.42. The Hall–Kier alpha value is -1.88. The van der Waals surface area contributed by atoms with E-state index in [1.54, 1.807) is 12.1 Å². The van der Waals surface area contributed by atoms with Crippen LogP contribution in [0.2, 0.25) is 0 Å². The van der Waals surface area contributed by atoms with Gasteiger partial charge in [-0.15, -0.1) is 0 Å². The topological polar surface area (TPSA) is 64.4 Å². The Morgan fingerprint density at radius 1 is 1.50 bits per heavy atom. The molecular weight excluding hydrogens is 256 g/mol. The number of aryl methyl sites for hydroxylation is 1. The van der Waals surface area contributed by atoms with E-state index in [4.69, 9.17) is 4.74 Å². The zero-order valence-electron chi connectivity index (χ0n) is 12.3. The Bertz CT molecular complexity index is 484. The summed E-state index contributed by atoms with van der Waals surface area (Å²) >= 11 is 0. The largest absolute Gasteiger partial charge is 0.482 e. The fourth-order valence-corrected chi connectivity index (χ4v) is 1.63. The first-order valence-electron chi connectivity index (χ1n) is 6.74. The number of nitrogens with one attached hydrogen (secondary N) is 1. The van der Waals surface area contributed by atoms with Crippen LogP contribution < -0.4 is 10.1 Å². The van der Waals surface area contributed by atoms with Gasteiger partial charge >= 0.3 is 5.69 Å². The quantitative estimate of drug-likeness (QED) is 0.451. The third kappa shape index (κ3) is 5.01. The molecule has 0 fully saturated rings. The molecule has 20 heavy (non-hydrogen) atoms. The zero-order valence-corrected chi connectivity index (χ0v) is 12.3. The van der Waals surface area contributed by atoms with E-state index in [2.05, 4.69) is 11.9 Å². The summed E-state index contributed by atoms with van der Waals surface area (Å²) in [5, 5.41) is 14.3. The summed E-state index contributed by atoms with van der Waals surface area (Å²) in [5.74, 6) is 0.290. The van der Waals surface area contributed by atoms with E-state index in [0.29, 0.717) is 12.6 Å². The van der Waals surface area contributed by atoms with Crippen molar-refractivity contribution >= 4 is 5.69 Å². The number of ether oxygens (including phenoxy) is 1. The second-order valence-electron chi connectivity index (χ2n) is 4.99. The van der Waals surface area contributed by atoms with Crippen LogP contribution in [0.15, 0.2) is 30.4 Å². The van der Waals surface area contributed by atoms with Crippen LogP contribution in [0.1, 0.15) is 26.3 Å². The smallest absolute Gasteiger partial charge is 0.311 e. The first-order valence-corrected chi connectivity index (χ1v) is 6.74. The molecule has 5 nitrogen and oxygen atoms in total. The monoisotopic (exact) mass is 278 g/mol. The second-order valence-corrected chi connectivity index (χ2v) is 4.99. The van der Waals surface area contributed by atoms with Gasteiger partial charge in [0.25, 0.3) is 0 Å². The highest BCUT2D eigenvalue weighted by Crippen LogP contribution is 2.28. The predicted molar refractivity (Wildman–Crippen MR) is 80.2 cm³/mol. The molecule has 0 saturated carbocycles. The van der Waals surface area contributed by atoms with Gasteiger partial charge < -0.3 is 10.1 Å².